The number of hydrogen-bond acceptors (Lipinski definition) is 7. The fraction of sp³-hybridized carbons (Fsp3) is 0.276. The number of rotatable bonds is 9. The highest BCUT2D eigenvalue weighted by atomic mass is 32.2. The Labute approximate surface area is 231 Å². The van der Waals surface area contributed by atoms with Gasteiger partial charge in [-0.15, -0.1) is 0 Å². The number of ether oxygens (including phenoxy) is 2. The van der Waals surface area contributed by atoms with Crippen molar-refractivity contribution in [2.24, 2.45) is 0 Å². The number of amides is 2. The molecule has 4 N–H and O–H groups in total. The number of carbonyl (C=O) groups is 1. The van der Waals surface area contributed by atoms with Gasteiger partial charge in [0.05, 0.1) is 18.8 Å². The molecule has 4 aromatic rings. The third kappa shape index (κ3) is 6.66. The Bertz CT molecular complexity index is 1340. The summed E-state index contributed by atoms with van der Waals surface area (Å²) in [4.78, 5) is 16.4. The Balaban J connectivity index is 1.50. The molecule has 1 fully saturated rings. The van der Waals surface area contributed by atoms with Crippen LogP contribution in [0.5, 0.6) is 0 Å². The van der Waals surface area contributed by atoms with E-state index in [1.165, 1.54) is 6.33 Å². The van der Waals surface area contributed by atoms with Crippen molar-refractivity contribution >= 4 is 23.5 Å². The van der Waals surface area contributed by atoms with E-state index in [4.69, 9.17) is 9.47 Å². The molecule has 2 amide bonds. The first-order valence-electron chi connectivity index (χ1n) is 12.8. The van der Waals surface area contributed by atoms with E-state index in [0.717, 1.165) is 22.3 Å². The van der Waals surface area contributed by atoms with Gasteiger partial charge in [0.2, 0.25) is 0 Å². The van der Waals surface area contributed by atoms with E-state index in [0.29, 0.717) is 23.1 Å². The van der Waals surface area contributed by atoms with Crippen LogP contribution in [-0.4, -0.2) is 44.7 Å². The van der Waals surface area contributed by atoms with Crippen molar-refractivity contribution in [2.75, 3.05) is 17.6 Å². The summed E-state index contributed by atoms with van der Waals surface area (Å²) in [7, 11) is 0. The van der Waals surface area contributed by atoms with Crippen LogP contribution in [0, 0.1) is 0 Å². The molecule has 202 valence electrons. The molecule has 4 atom stereocenters. The zero-order chi connectivity index (χ0) is 27.0. The van der Waals surface area contributed by atoms with Gasteiger partial charge in [0, 0.05) is 29.5 Å². The molecule has 0 bridgehead atoms. The Morgan fingerprint density at radius 2 is 1.79 bits per heavy atom. The van der Waals surface area contributed by atoms with Gasteiger partial charge in [-0.25, -0.2) is 9.78 Å². The largest absolute Gasteiger partial charge is 0.392 e. The van der Waals surface area contributed by atoms with Gasteiger partial charge < -0.3 is 25.2 Å². The second kappa shape index (κ2) is 12.9. The summed E-state index contributed by atoms with van der Waals surface area (Å²) in [6.45, 7) is 2.37. The predicted octanol–water partition coefficient (Wildman–Crippen LogP) is 5.17. The third-order valence-electron chi connectivity index (χ3n) is 6.50. The zero-order valence-electron chi connectivity index (χ0n) is 21.5. The molecule has 3 aromatic carbocycles. The van der Waals surface area contributed by atoms with Gasteiger partial charge in [-0.2, -0.15) is 5.10 Å². The highest BCUT2D eigenvalue weighted by molar-refractivity contribution is 7.99. The first-order valence-corrected chi connectivity index (χ1v) is 13.8. The van der Waals surface area contributed by atoms with E-state index in [1.807, 2.05) is 73.7 Å². The molecule has 0 saturated carbocycles. The number of benzene rings is 3. The molecule has 1 aliphatic heterocycles. The third-order valence-corrected chi connectivity index (χ3v) is 7.47. The number of aliphatic hydroxyl groups is 1. The van der Waals surface area contributed by atoms with Gasteiger partial charge in [0.1, 0.15) is 6.33 Å². The van der Waals surface area contributed by atoms with Crippen LogP contribution in [0.4, 0.5) is 10.5 Å². The molecular weight excluding hydrogens is 514 g/mol. The van der Waals surface area contributed by atoms with Crippen molar-refractivity contribution in [1.29, 1.82) is 0 Å². The van der Waals surface area contributed by atoms with Gasteiger partial charge >= 0.3 is 6.03 Å². The second-order valence-electron chi connectivity index (χ2n) is 9.11. The van der Waals surface area contributed by atoms with Crippen molar-refractivity contribution < 1.29 is 19.4 Å². The molecule has 1 aromatic heterocycles. The second-order valence-corrected chi connectivity index (χ2v) is 10.1. The Hall–Kier alpha value is -3.70. The first-order chi connectivity index (χ1) is 19.1. The molecule has 9 nitrogen and oxygen atoms in total. The van der Waals surface area contributed by atoms with E-state index in [1.54, 1.807) is 11.8 Å². The smallest absolute Gasteiger partial charge is 0.319 e. The van der Waals surface area contributed by atoms with Gasteiger partial charge in [-0.1, -0.05) is 78.5 Å². The number of thioether (sulfide) groups is 1. The number of anilines is 1. The first kappa shape index (κ1) is 26.9. The molecule has 5 rings (SSSR count). The lowest BCUT2D eigenvalue weighted by atomic mass is 9.84. The van der Waals surface area contributed by atoms with Crippen LogP contribution in [0.2, 0.25) is 0 Å². The molecule has 0 spiro atoms. The number of nitrogens with one attached hydrogen (secondary N) is 3. The number of aromatic amines is 1. The van der Waals surface area contributed by atoms with E-state index in [9.17, 15) is 9.90 Å². The zero-order valence-corrected chi connectivity index (χ0v) is 22.3. The molecule has 10 heteroatoms. The van der Waals surface area contributed by atoms with E-state index in [-0.39, 0.29) is 30.8 Å². The Morgan fingerprint density at radius 1 is 1.00 bits per heavy atom. The summed E-state index contributed by atoms with van der Waals surface area (Å²) in [5.74, 6) is 0.492. The fourth-order valence-corrected chi connectivity index (χ4v) is 5.52. The van der Waals surface area contributed by atoms with Crippen LogP contribution in [0.1, 0.15) is 47.5 Å². The molecule has 39 heavy (non-hydrogen) atoms. The molecule has 2 heterocycles. The summed E-state index contributed by atoms with van der Waals surface area (Å²) >= 11 is 1.54. The van der Waals surface area contributed by atoms with Gasteiger partial charge in [-0.05, 0) is 35.7 Å². The SMILES string of the molecule is CCNC(=O)Nc1cccc(C2OC(CSc3ncn[nH]3)C(c3ccccc3)C(c3ccc(CO)cc3)O2)c1. The summed E-state index contributed by atoms with van der Waals surface area (Å²) in [6, 6.07) is 25.3. The van der Waals surface area contributed by atoms with Crippen LogP contribution in [0.3, 0.4) is 0 Å². The van der Waals surface area contributed by atoms with Gasteiger partial charge in [-0.3, -0.25) is 5.10 Å². The number of nitrogens with zero attached hydrogens (tertiary/aromatic N) is 2. The highest BCUT2D eigenvalue weighted by Gasteiger charge is 2.42. The van der Waals surface area contributed by atoms with E-state index < -0.39 is 6.29 Å². The average molecular weight is 546 g/mol. The Morgan fingerprint density at radius 3 is 2.51 bits per heavy atom. The average Bonchev–Trinajstić information content (AvgIpc) is 3.50. The lowest BCUT2D eigenvalue weighted by Crippen LogP contribution is -2.38. The lowest BCUT2D eigenvalue weighted by molar-refractivity contribution is -0.255. The number of urea groups is 1. The van der Waals surface area contributed by atoms with Crippen molar-refractivity contribution in [3.05, 3.63) is 107 Å². The van der Waals surface area contributed by atoms with Crippen LogP contribution >= 0.6 is 11.8 Å². The lowest BCUT2D eigenvalue weighted by Gasteiger charge is -2.43. The number of H-pyrrole nitrogens is 1. The van der Waals surface area contributed by atoms with Crippen molar-refractivity contribution in [1.82, 2.24) is 20.5 Å². The molecule has 0 aliphatic carbocycles. The number of aliphatic hydroxyl groups excluding tert-OH is 1. The number of aromatic nitrogens is 3. The van der Waals surface area contributed by atoms with Crippen LogP contribution in [-0.2, 0) is 16.1 Å². The maximum Gasteiger partial charge on any atom is 0.319 e. The van der Waals surface area contributed by atoms with Crippen molar-refractivity contribution in [3.63, 3.8) is 0 Å². The maximum atomic E-state index is 12.1. The summed E-state index contributed by atoms with van der Waals surface area (Å²) in [5, 5.41) is 22.8. The highest BCUT2D eigenvalue weighted by Crippen LogP contribution is 2.48. The summed E-state index contributed by atoms with van der Waals surface area (Å²) < 4.78 is 13.4. The van der Waals surface area contributed by atoms with Crippen molar-refractivity contribution in [2.45, 2.75) is 43.1 Å². The van der Waals surface area contributed by atoms with E-state index in [2.05, 4.69) is 37.9 Å². The minimum absolute atomic E-state index is 0.0263. The van der Waals surface area contributed by atoms with Gasteiger partial charge in [0.15, 0.2) is 11.4 Å². The number of carbonyl (C=O) groups excluding carboxylic acids is 1. The Kier molecular flexibility index (Phi) is 8.89. The monoisotopic (exact) mass is 545 g/mol. The van der Waals surface area contributed by atoms with Crippen LogP contribution < -0.4 is 10.6 Å². The fourth-order valence-electron chi connectivity index (χ4n) is 4.68. The van der Waals surface area contributed by atoms with Crippen molar-refractivity contribution in [3.8, 4) is 0 Å². The predicted molar refractivity (Wildman–Crippen MR) is 149 cm³/mol. The minimum Gasteiger partial charge on any atom is -0.392 e. The molecule has 4 unspecified atom stereocenters. The maximum absolute atomic E-state index is 12.1. The van der Waals surface area contributed by atoms with Gasteiger partial charge in [0.25, 0.3) is 0 Å². The van der Waals surface area contributed by atoms with Crippen LogP contribution in [0.25, 0.3) is 0 Å². The normalized spacial score (nSPS) is 20.9. The minimum atomic E-state index is -0.677. The summed E-state index contributed by atoms with van der Waals surface area (Å²) in [6.07, 6.45) is 0.232. The molecular formula is C29H31N5O4S. The van der Waals surface area contributed by atoms with Crippen LogP contribution in [0.15, 0.2) is 90.3 Å². The molecule has 1 saturated heterocycles. The quantitative estimate of drug-likeness (QED) is 0.214. The topological polar surface area (TPSA) is 121 Å². The van der Waals surface area contributed by atoms with E-state index >= 15 is 0 Å². The standard InChI is InChI=1S/C29H31N5O4S/c1-2-30-28(36)33-23-10-6-9-22(15-23)27-37-24(17-39-29-31-18-32-34-29)25(20-7-4-3-5-8-20)26(38-27)21-13-11-19(16-35)12-14-21/h3-15,18,24-27,35H,2,16-17H2,1H3,(H2,30,33,36)(H,31,32,34). The summed E-state index contributed by atoms with van der Waals surface area (Å²) in [5.41, 5.74) is 4.36. The molecule has 1 aliphatic rings. The molecule has 0 radical (unpaired) electrons. The number of hydrogen-bond donors (Lipinski definition) is 4.